The summed E-state index contributed by atoms with van der Waals surface area (Å²) < 4.78 is 7.75. The molecule has 1 aromatic heterocycles. The number of methoxy groups -OCH3 is 1. The minimum atomic E-state index is -0.649. The Morgan fingerprint density at radius 2 is 2.00 bits per heavy atom. The molecule has 1 fully saturated rings. The summed E-state index contributed by atoms with van der Waals surface area (Å²) in [5.74, 6) is 0.726. The molecule has 1 heterocycles. The summed E-state index contributed by atoms with van der Waals surface area (Å²) in [6.45, 7) is 7.44. The zero-order chi connectivity index (χ0) is 14.1. The van der Waals surface area contributed by atoms with E-state index in [1.165, 1.54) is 0 Å². The second-order valence-electron chi connectivity index (χ2n) is 6.41. The maximum atomic E-state index is 10.8. The first-order valence-corrected chi connectivity index (χ1v) is 7.18. The molecule has 2 rings (SSSR count). The third-order valence-electron chi connectivity index (χ3n) is 4.69. The van der Waals surface area contributed by atoms with Crippen LogP contribution in [0.1, 0.15) is 58.4 Å². The van der Waals surface area contributed by atoms with Crippen molar-refractivity contribution in [1.82, 2.24) is 9.55 Å². The van der Waals surface area contributed by atoms with Gasteiger partial charge in [-0.3, -0.25) is 0 Å². The van der Waals surface area contributed by atoms with Crippen LogP contribution in [-0.4, -0.2) is 27.4 Å². The molecule has 1 aliphatic rings. The van der Waals surface area contributed by atoms with Crippen LogP contribution in [0.5, 0.6) is 0 Å². The molecule has 108 valence electrons. The lowest BCUT2D eigenvalue weighted by Gasteiger charge is -2.44. The van der Waals surface area contributed by atoms with Gasteiger partial charge in [-0.1, -0.05) is 13.8 Å². The number of rotatable bonds is 4. The van der Waals surface area contributed by atoms with Gasteiger partial charge in [0.15, 0.2) is 0 Å². The minimum Gasteiger partial charge on any atom is -0.382 e. The zero-order valence-electron chi connectivity index (χ0n) is 12.5. The SMILES string of the molecule is CCn1ccnc1C(O)C1(OC)CCC(C)(C)CC1. The quantitative estimate of drug-likeness (QED) is 0.911. The highest BCUT2D eigenvalue weighted by atomic mass is 16.5. The summed E-state index contributed by atoms with van der Waals surface area (Å²) >= 11 is 0. The predicted molar refractivity (Wildman–Crippen MR) is 74.8 cm³/mol. The van der Waals surface area contributed by atoms with Crippen LogP contribution in [-0.2, 0) is 11.3 Å². The van der Waals surface area contributed by atoms with Crippen molar-refractivity contribution >= 4 is 0 Å². The molecule has 0 aromatic carbocycles. The Morgan fingerprint density at radius 3 is 2.53 bits per heavy atom. The van der Waals surface area contributed by atoms with E-state index in [1.54, 1.807) is 13.3 Å². The van der Waals surface area contributed by atoms with Gasteiger partial charge < -0.3 is 14.4 Å². The Balaban J connectivity index is 2.22. The number of ether oxygens (including phenoxy) is 1. The van der Waals surface area contributed by atoms with E-state index in [9.17, 15) is 5.11 Å². The fraction of sp³-hybridized carbons (Fsp3) is 0.800. The normalized spacial score (nSPS) is 23.2. The highest BCUT2D eigenvalue weighted by Gasteiger charge is 2.45. The maximum Gasteiger partial charge on any atom is 0.141 e. The molecule has 19 heavy (non-hydrogen) atoms. The molecular weight excluding hydrogens is 240 g/mol. The van der Waals surface area contributed by atoms with Crippen molar-refractivity contribution < 1.29 is 9.84 Å². The second-order valence-corrected chi connectivity index (χ2v) is 6.41. The highest BCUT2D eigenvalue weighted by molar-refractivity contribution is 5.07. The van der Waals surface area contributed by atoms with Gasteiger partial charge in [-0.15, -0.1) is 0 Å². The van der Waals surface area contributed by atoms with Gasteiger partial charge in [0.2, 0.25) is 0 Å². The highest BCUT2D eigenvalue weighted by Crippen LogP contribution is 2.47. The van der Waals surface area contributed by atoms with Crippen molar-refractivity contribution in [3.8, 4) is 0 Å². The van der Waals surface area contributed by atoms with E-state index in [4.69, 9.17) is 4.74 Å². The molecule has 4 nitrogen and oxygen atoms in total. The number of hydrogen-bond donors (Lipinski definition) is 1. The molecule has 0 radical (unpaired) electrons. The summed E-state index contributed by atoms with van der Waals surface area (Å²) in [5.41, 5.74) is -0.129. The van der Waals surface area contributed by atoms with Gasteiger partial charge >= 0.3 is 0 Å². The fourth-order valence-electron chi connectivity index (χ4n) is 3.01. The molecular formula is C15H26N2O2. The van der Waals surface area contributed by atoms with E-state index in [-0.39, 0.29) is 0 Å². The third kappa shape index (κ3) is 2.70. The van der Waals surface area contributed by atoms with Crippen LogP contribution in [0, 0.1) is 5.41 Å². The predicted octanol–water partition coefficient (Wildman–Crippen LogP) is 2.92. The van der Waals surface area contributed by atoms with Crippen molar-refractivity contribution in [2.45, 2.75) is 64.7 Å². The third-order valence-corrected chi connectivity index (χ3v) is 4.69. The van der Waals surface area contributed by atoms with Gasteiger partial charge in [0, 0.05) is 26.0 Å². The monoisotopic (exact) mass is 266 g/mol. The van der Waals surface area contributed by atoms with Gasteiger partial charge in [0.05, 0.1) is 0 Å². The molecule has 0 spiro atoms. The molecule has 1 unspecified atom stereocenters. The first-order valence-electron chi connectivity index (χ1n) is 7.18. The number of nitrogens with zero attached hydrogens (tertiary/aromatic N) is 2. The molecule has 0 saturated heterocycles. The molecule has 1 aromatic rings. The van der Waals surface area contributed by atoms with E-state index in [2.05, 4.69) is 25.8 Å². The van der Waals surface area contributed by atoms with Gasteiger partial charge in [0.25, 0.3) is 0 Å². The Hall–Kier alpha value is -0.870. The van der Waals surface area contributed by atoms with E-state index in [0.29, 0.717) is 5.41 Å². The van der Waals surface area contributed by atoms with E-state index < -0.39 is 11.7 Å². The summed E-state index contributed by atoms with van der Waals surface area (Å²) in [5, 5.41) is 10.8. The van der Waals surface area contributed by atoms with Crippen molar-refractivity contribution in [3.63, 3.8) is 0 Å². The lowest BCUT2D eigenvalue weighted by molar-refractivity contribution is -0.141. The average molecular weight is 266 g/mol. The van der Waals surface area contributed by atoms with Crippen LogP contribution < -0.4 is 0 Å². The number of hydrogen-bond acceptors (Lipinski definition) is 3. The average Bonchev–Trinajstić information content (AvgIpc) is 2.87. The summed E-state index contributed by atoms with van der Waals surface area (Å²) in [6, 6.07) is 0. The van der Waals surface area contributed by atoms with Crippen molar-refractivity contribution in [2.75, 3.05) is 7.11 Å². The first-order chi connectivity index (χ1) is 8.94. The first kappa shape index (κ1) is 14.5. The topological polar surface area (TPSA) is 47.3 Å². The smallest absolute Gasteiger partial charge is 0.141 e. The number of imidazole rings is 1. The number of aliphatic hydroxyl groups excluding tert-OH is 1. The van der Waals surface area contributed by atoms with Crippen LogP contribution in [0.2, 0.25) is 0 Å². The fourth-order valence-corrected chi connectivity index (χ4v) is 3.01. The van der Waals surface area contributed by atoms with Crippen LogP contribution in [0.15, 0.2) is 12.4 Å². The molecule has 1 N–H and O–H groups in total. The zero-order valence-corrected chi connectivity index (χ0v) is 12.5. The number of aliphatic hydroxyl groups is 1. The van der Waals surface area contributed by atoms with Gasteiger partial charge in [-0.05, 0) is 38.0 Å². The van der Waals surface area contributed by atoms with E-state index in [0.717, 1.165) is 38.1 Å². The summed E-state index contributed by atoms with van der Waals surface area (Å²) in [4.78, 5) is 4.32. The molecule has 1 atom stereocenters. The lowest BCUT2D eigenvalue weighted by Crippen LogP contribution is -2.44. The summed E-state index contributed by atoms with van der Waals surface area (Å²) in [6.07, 6.45) is 6.92. The molecule has 1 saturated carbocycles. The molecule has 0 amide bonds. The van der Waals surface area contributed by atoms with Crippen molar-refractivity contribution in [1.29, 1.82) is 0 Å². The number of aromatic nitrogens is 2. The number of aryl methyl sites for hydroxylation is 1. The van der Waals surface area contributed by atoms with E-state index >= 15 is 0 Å². The Labute approximate surface area is 115 Å². The van der Waals surface area contributed by atoms with Gasteiger partial charge in [-0.2, -0.15) is 0 Å². The lowest BCUT2D eigenvalue weighted by atomic mass is 9.69. The molecule has 0 bridgehead atoms. The summed E-state index contributed by atoms with van der Waals surface area (Å²) in [7, 11) is 1.71. The van der Waals surface area contributed by atoms with Crippen LogP contribution >= 0.6 is 0 Å². The van der Waals surface area contributed by atoms with Crippen LogP contribution in [0.25, 0.3) is 0 Å². The minimum absolute atomic E-state index is 0.349. The van der Waals surface area contributed by atoms with Gasteiger partial charge in [-0.25, -0.2) is 4.98 Å². The molecule has 0 aliphatic heterocycles. The molecule has 1 aliphatic carbocycles. The Morgan fingerprint density at radius 1 is 1.37 bits per heavy atom. The molecule has 4 heteroatoms. The van der Waals surface area contributed by atoms with Crippen LogP contribution in [0.4, 0.5) is 0 Å². The van der Waals surface area contributed by atoms with Crippen molar-refractivity contribution in [2.24, 2.45) is 5.41 Å². The largest absolute Gasteiger partial charge is 0.382 e. The maximum absolute atomic E-state index is 10.8. The Bertz CT molecular complexity index is 416. The second kappa shape index (κ2) is 5.25. The van der Waals surface area contributed by atoms with Crippen LogP contribution in [0.3, 0.4) is 0 Å². The Kier molecular flexibility index (Phi) is 4.02. The van der Waals surface area contributed by atoms with Crippen molar-refractivity contribution in [3.05, 3.63) is 18.2 Å². The van der Waals surface area contributed by atoms with E-state index in [1.807, 2.05) is 10.8 Å². The standard InChI is InChI=1S/C15H26N2O2/c1-5-17-11-10-16-13(17)12(18)15(19-4)8-6-14(2,3)7-9-15/h10-12,18H,5-9H2,1-4H3. The van der Waals surface area contributed by atoms with Gasteiger partial charge in [0.1, 0.15) is 17.5 Å².